The Bertz CT molecular complexity index is 735. The van der Waals surface area contributed by atoms with Crippen molar-refractivity contribution < 1.29 is 18.3 Å². The molecule has 21 heavy (non-hydrogen) atoms. The predicted molar refractivity (Wildman–Crippen MR) is 78.0 cm³/mol. The standard InChI is InChI=1S/C12H15N3O4S2/c1-3-8(11-13-4-5-14-11)15-21(18,19)9-6-7(2)10(20-9)12(16)17/h4-6,8,15H,3H2,1-2H3,(H,13,14)(H,16,17). The Morgan fingerprint density at radius 2 is 2.29 bits per heavy atom. The molecule has 3 N–H and O–H groups in total. The van der Waals surface area contributed by atoms with Crippen LogP contribution in [0.5, 0.6) is 0 Å². The lowest BCUT2D eigenvalue weighted by atomic mass is 10.2. The molecule has 1 unspecified atom stereocenters. The zero-order chi connectivity index (χ0) is 15.6. The van der Waals surface area contributed by atoms with Gasteiger partial charge in [0.2, 0.25) is 0 Å². The van der Waals surface area contributed by atoms with E-state index in [1.807, 2.05) is 6.92 Å². The number of aryl methyl sites for hydroxylation is 1. The third-order valence-electron chi connectivity index (χ3n) is 2.91. The van der Waals surface area contributed by atoms with Gasteiger partial charge in [-0.2, -0.15) is 4.72 Å². The maximum absolute atomic E-state index is 12.3. The van der Waals surface area contributed by atoms with Gasteiger partial charge in [-0.25, -0.2) is 18.2 Å². The molecule has 0 amide bonds. The van der Waals surface area contributed by atoms with Crippen molar-refractivity contribution in [2.75, 3.05) is 0 Å². The molecule has 9 heteroatoms. The van der Waals surface area contributed by atoms with E-state index in [1.54, 1.807) is 19.3 Å². The van der Waals surface area contributed by atoms with Crippen LogP contribution in [-0.4, -0.2) is 29.5 Å². The number of aromatic carboxylic acids is 1. The second-order valence-corrected chi connectivity index (χ2v) is 7.43. The minimum atomic E-state index is -3.79. The Hall–Kier alpha value is -1.71. The van der Waals surface area contributed by atoms with Gasteiger partial charge in [-0.1, -0.05) is 6.92 Å². The first-order chi connectivity index (χ1) is 9.85. The maximum atomic E-state index is 12.3. The van der Waals surface area contributed by atoms with Crippen molar-refractivity contribution in [3.05, 3.63) is 34.7 Å². The summed E-state index contributed by atoms with van der Waals surface area (Å²) in [7, 11) is -3.79. The molecule has 2 aromatic heterocycles. The molecule has 2 aromatic rings. The molecule has 114 valence electrons. The summed E-state index contributed by atoms with van der Waals surface area (Å²) in [5.41, 5.74) is 0.430. The first-order valence-corrected chi connectivity index (χ1v) is 8.50. The second kappa shape index (κ2) is 5.96. The molecule has 0 radical (unpaired) electrons. The van der Waals surface area contributed by atoms with Crippen molar-refractivity contribution in [3.8, 4) is 0 Å². The molecule has 0 aliphatic carbocycles. The highest BCUT2D eigenvalue weighted by molar-refractivity contribution is 7.91. The number of carboxylic acid groups (broad SMARTS) is 1. The van der Waals surface area contributed by atoms with Crippen LogP contribution in [0.3, 0.4) is 0 Å². The Morgan fingerprint density at radius 3 is 2.76 bits per heavy atom. The van der Waals surface area contributed by atoms with Gasteiger partial charge in [-0.3, -0.25) is 0 Å². The van der Waals surface area contributed by atoms with Crippen molar-refractivity contribution >= 4 is 27.3 Å². The van der Waals surface area contributed by atoms with E-state index in [-0.39, 0.29) is 9.09 Å². The minimum Gasteiger partial charge on any atom is -0.477 e. The van der Waals surface area contributed by atoms with Crippen LogP contribution in [0.25, 0.3) is 0 Å². The Balaban J connectivity index is 2.30. The normalized spacial score (nSPS) is 13.2. The number of imidazole rings is 1. The molecule has 2 heterocycles. The number of aromatic nitrogens is 2. The van der Waals surface area contributed by atoms with Crippen molar-refractivity contribution in [3.63, 3.8) is 0 Å². The van der Waals surface area contributed by atoms with Gasteiger partial charge >= 0.3 is 5.97 Å². The third kappa shape index (κ3) is 3.31. The van der Waals surface area contributed by atoms with Crippen molar-refractivity contribution in [1.29, 1.82) is 0 Å². The van der Waals surface area contributed by atoms with E-state index in [1.165, 1.54) is 6.07 Å². The van der Waals surface area contributed by atoms with E-state index in [0.717, 1.165) is 11.3 Å². The molecule has 2 rings (SSSR count). The summed E-state index contributed by atoms with van der Waals surface area (Å²) in [5, 5.41) is 9.00. The first-order valence-electron chi connectivity index (χ1n) is 6.20. The van der Waals surface area contributed by atoms with Gasteiger partial charge < -0.3 is 10.1 Å². The van der Waals surface area contributed by atoms with Gasteiger partial charge in [0.05, 0.1) is 6.04 Å². The summed E-state index contributed by atoms with van der Waals surface area (Å²) >= 11 is 0.744. The molecule has 0 bridgehead atoms. The number of sulfonamides is 1. The number of hydrogen-bond acceptors (Lipinski definition) is 5. The zero-order valence-electron chi connectivity index (χ0n) is 11.5. The highest BCUT2D eigenvalue weighted by atomic mass is 32.2. The van der Waals surface area contributed by atoms with Crippen LogP contribution in [0.1, 0.15) is 40.4 Å². The molecule has 0 saturated heterocycles. The van der Waals surface area contributed by atoms with Gasteiger partial charge in [0.15, 0.2) is 0 Å². The molecule has 7 nitrogen and oxygen atoms in total. The number of hydrogen-bond donors (Lipinski definition) is 3. The maximum Gasteiger partial charge on any atom is 0.346 e. The van der Waals surface area contributed by atoms with Gasteiger partial charge in [0, 0.05) is 12.4 Å². The number of nitrogens with zero attached hydrogens (tertiary/aromatic N) is 1. The largest absolute Gasteiger partial charge is 0.477 e. The average molecular weight is 329 g/mol. The van der Waals surface area contributed by atoms with E-state index < -0.39 is 22.0 Å². The average Bonchev–Trinajstić information content (AvgIpc) is 3.05. The highest BCUT2D eigenvalue weighted by Gasteiger charge is 2.25. The van der Waals surface area contributed by atoms with E-state index >= 15 is 0 Å². The number of H-pyrrole nitrogens is 1. The Kier molecular flexibility index (Phi) is 4.45. The van der Waals surface area contributed by atoms with Crippen LogP contribution in [0.2, 0.25) is 0 Å². The van der Waals surface area contributed by atoms with Crippen LogP contribution in [0.4, 0.5) is 0 Å². The molecule has 0 aromatic carbocycles. The molecule has 0 aliphatic heterocycles. The summed E-state index contributed by atoms with van der Waals surface area (Å²) < 4.78 is 27.2. The summed E-state index contributed by atoms with van der Waals surface area (Å²) in [6.07, 6.45) is 3.68. The van der Waals surface area contributed by atoms with E-state index in [9.17, 15) is 13.2 Å². The number of rotatable bonds is 6. The fourth-order valence-corrected chi connectivity index (χ4v) is 4.52. The van der Waals surface area contributed by atoms with E-state index in [0.29, 0.717) is 17.8 Å². The number of thiophene rings is 1. The lowest BCUT2D eigenvalue weighted by molar-refractivity contribution is 0.0701. The van der Waals surface area contributed by atoms with Crippen LogP contribution in [0, 0.1) is 6.92 Å². The minimum absolute atomic E-state index is 0.0117. The molecule has 0 saturated carbocycles. The monoisotopic (exact) mass is 329 g/mol. The Morgan fingerprint density at radius 1 is 1.57 bits per heavy atom. The molecule has 0 fully saturated rings. The number of carboxylic acids is 1. The topological polar surface area (TPSA) is 112 Å². The van der Waals surface area contributed by atoms with Crippen LogP contribution in [-0.2, 0) is 10.0 Å². The lowest BCUT2D eigenvalue weighted by Crippen LogP contribution is -2.28. The number of carbonyl (C=O) groups is 1. The van der Waals surface area contributed by atoms with Crippen LogP contribution >= 0.6 is 11.3 Å². The first kappa shape index (κ1) is 15.7. The van der Waals surface area contributed by atoms with Crippen LogP contribution in [0.15, 0.2) is 22.7 Å². The molecule has 0 aliphatic rings. The summed E-state index contributed by atoms with van der Waals surface area (Å²) in [6.45, 7) is 3.40. The number of aromatic amines is 1. The smallest absolute Gasteiger partial charge is 0.346 e. The van der Waals surface area contributed by atoms with Crippen molar-refractivity contribution in [2.24, 2.45) is 0 Å². The molecule has 0 spiro atoms. The van der Waals surface area contributed by atoms with Gasteiger partial charge in [-0.05, 0) is 25.0 Å². The third-order valence-corrected chi connectivity index (χ3v) is 6.08. The van der Waals surface area contributed by atoms with Gasteiger partial charge in [0.1, 0.15) is 14.9 Å². The highest BCUT2D eigenvalue weighted by Crippen LogP contribution is 2.27. The van der Waals surface area contributed by atoms with Crippen LogP contribution < -0.4 is 4.72 Å². The predicted octanol–water partition coefficient (Wildman–Crippen LogP) is 1.91. The van der Waals surface area contributed by atoms with E-state index in [2.05, 4.69) is 14.7 Å². The van der Waals surface area contributed by atoms with E-state index in [4.69, 9.17) is 5.11 Å². The summed E-state index contributed by atoms with van der Waals surface area (Å²) in [5.74, 6) is -0.607. The quantitative estimate of drug-likeness (QED) is 0.749. The fraction of sp³-hybridized carbons (Fsp3) is 0.333. The lowest BCUT2D eigenvalue weighted by Gasteiger charge is -2.13. The van der Waals surface area contributed by atoms with Crippen molar-refractivity contribution in [2.45, 2.75) is 30.5 Å². The zero-order valence-corrected chi connectivity index (χ0v) is 13.1. The second-order valence-electron chi connectivity index (χ2n) is 4.44. The molecular weight excluding hydrogens is 314 g/mol. The van der Waals surface area contributed by atoms with Crippen molar-refractivity contribution in [1.82, 2.24) is 14.7 Å². The molecular formula is C12H15N3O4S2. The Labute approximate surface area is 126 Å². The SMILES string of the molecule is CCC(NS(=O)(=O)c1cc(C)c(C(=O)O)s1)c1ncc[nH]1. The molecule has 1 atom stereocenters. The van der Waals surface area contributed by atoms with Gasteiger partial charge in [0.25, 0.3) is 10.0 Å². The summed E-state index contributed by atoms with van der Waals surface area (Å²) in [6, 6.07) is 0.881. The summed E-state index contributed by atoms with van der Waals surface area (Å²) in [4.78, 5) is 17.9. The number of nitrogens with one attached hydrogen (secondary N) is 2. The van der Waals surface area contributed by atoms with Gasteiger partial charge in [-0.15, -0.1) is 11.3 Å². The fourth-order valence-electron chi connectivity index (χ4n) is 1.84.